The minimum Gasteiger partial charge on any atom is -0.476 e. The Morgan fingerprint density at radius 1 is 0.585 bits per heavy atom. The first-order valence-corrected chi connectivity index (χ1v) is 25.8. The van der Waals surface area contributed by atoms with Gasteiger partial charge in [-0.15, -0.1) is 0 Å². The van der Waals surface area contributed by atoms with Crippen LogP contribution in [0.4, 0.5) is 43.8 Å². The van der Waals surface area contributed by atoms with Gasteiger partial charge in [-0.2, -0.15) is 36.5 Å². The Labute approximate surface area is 476 Å². The zero-order valence-electron chi connectivity index (χ0n) is 45.5. The number of anilines is 3. The van der Waals surface area contributed by atoms with Crippen LogP contribution in [0.5, 0.6) is 0 Å². The molecule has 0 spiro atoms. The summed E-state index contributed by atoms with van der Waals surface area (Å²) in [6.07, 6.45) is -2.16. The van der Waals surface area contributed by atoms with E-state index in [9.17, 15) is 45.5 Å². The quantitative estimate of drug-likeness (QED) is 0.0597. The maximum Gasteiger partial charge on any atom is 0.496 e. The van der Waals surface area contributed by atoms with Crippen LogP contribution in [0.15, 0.2) is 162 Å². The van der Waals surface area contributed by atoms with Crippen LogP contribution >= 0.6 is 15.9 Å². The van der Waals surface area contributed by atoms with E-state index < -0.39 is 35.4 Å². The van der Waals surface area contributed by atoms with Crippen LogP contribution in [0.25, 0.3) is 0 Å². The van der Waals surface area contributed by atoms with Gasteiger partial charge < -0.3 is 31.2 Å². The Morgan fingerprint density at radius 2 is 1.00 bits per heavy atom. The number of pyridine rings is 3. The summed E-state index contributed by atoms with van der Waals surface area (Å²) in [5, 5.41) is 19.1. The van der Waals surface area contributed by atoms with Crippen molar-refractivity contribution in [3.8, 4) is 0 Å². The molecule has 6 N–H and O–H groups in total. The molecule has 1 aliphatic rings. The van der Waals surface area contributed by atoms with Gasteiger partial charge in [0.15, 0.2) is 5.69 Å². The summed E-state index contributed by atoms with van der Waals surface area (Å²) >= 11 is 3.15. The number of nitrogens with two attached hydrogens (primary N) is 2. The Hall–Kier alpha value is -8.55. The molecule has 25 heteroatoms. The molecule has 8 aromatic rings. The molecule has 0 atom stereocenters. The summed E-state index contributed by atoms with van der Waals surface area (Å²) in [6, 6.07) is 34.3. The number of benzene rings is 3. The topological polar surface area (TPSA) is 245 Å². The van der Waals surface area contributed by atoms with Crippen molar-refractivity contribution in [3.63, 3.8) is 0 Å². The largest absolute Gasteiger partial charge is 0.496 e. The Balaban J connectivity index is 0.000000194. The molecule has 3 aromatic carbocycles. The molecule has 0 radical (unpaired) electrons. The van der Waals surface area contributed by atoms with Crippen LogP contribution < -0.4 is 33.4 Å². The van der Waals surface area contributed by atoms with Crippen molar-refractivity contribution < 1.29 is 50.3 Å². The SMILES string of the molecule is CC1(C)OB(c2ccc(N)nc2)OC1(C)C.Cc1ccc(Cc2ccc(NC(=O)c3ccc(=O)n(C)n3)nc2)cc1.Cn1nc(C(=O)O)ccc1=O.FC(F)(F)c1ccc(CBr)cc1.Nc1ccc(Cc2ccc(C(F)(F)F)cc2)cn1. The fourth-order valence-electron chi connectivity index (χ4n) is 6.87. The number of aromatic carboxylic acids is 1. The molecule has 1 fully saturated rings. The lowest BCUT2D eigenvalue weighted by Gasteiger charge is -2.32. The van der Waals surface area contributed by atoms with Gasteiger partial charge in [0.25, 0.3) is 17.0 Å². The summed E-state index contributed by atoms with van der Waals surface area (Å²) in [5.74, 6) is -0.185. The molecule has 0 saturated carbocycles. The summed E-state index contributed by atoms with van der Waals surface area (Å²) in [4.78, 5) is 56.7. The Morgan fingerprint density at radius 3 is 1.40 bits per heavy atom. The van der Waals surface area contributed by atoms with Crippen LogP contribution in [0, 0.1) is 6.92 Å². The predicted octanol–water partition coefficient (Wildman–Crippen LogP) is 9.64. The standard InChI is InChI=1S/C19H18N4O2.C13H11F3N2.C11H17BN2O2.C8H6BrF3.C6H6N2O3/c1-13-3-5-14(6-4-13)11-15-7-9-17(20-12-15)21-19(25)16-8-10-18(24)23(2)22-16;14-13(15,16)11-4-1-9(2-5-11)7-10-3-6-12(17)18-8-10;1-10(2)11(3,4)16-12(15-10)8-5-6-9(13)14-7-8;9-5-6-1-3-7(4-2-6)8(10,11)12;1-8-5(9)3-2-4(7-8)6(10)11/h3-10,12H,11H2,1-2H3,(H,20,21,25);1-6,8H,7H2,(H2,17,18);5-7H,1-4H3,(H2,13,14);1-4H,5H2;2-3H,1H3,(H,10,11). The fourth-order valence-corrected chi connectivity index (χ4v) is 7.24. The molecule has 5 aromatic heterocycles. The van der Waals surface area contributed by atoms with Crippen LogP contribution in [-0.4, -0.2) is 69.8 Å². The molecule has 82 heavy (non-hydrogen) atoms. The zero-order valence-corrected chi connectivity index (χ0v) is 47.0. The van der Waals surface area contributed by atoms with Crippen molar-refractivity contribution in [3.05, 3.63) is 229 Å². The number of carbonyl (C=O) groups is 2. The third kappa shape index (κ3) is 19.6. The molecule has 1 amide bonds. The molecule has 0 aliphatic carbocycles. The highest BCUT2D eigenvalue weighted by Gasteiger charge is 2.51. The first-order valence-electron chi connectivity index (χ1n) is 24.7. The highest BCUT2D eigenvalue weighted by Crippen LogP contribution is 2.36. The zero-order chi connectivity index (χ0) is 60.6. The number of nitrogens with one attached hydrogen (secondary N) is 1. The number of nitrogen functional groups attached to an aromatic ring is 2. The molecule has 6 heterocycles. The van der Waals surface area contributed by atoms with Crippen molar-refractivity contribution in [1.29, 1.82) is 0 Å². The van der Waals surface area contributed by atoms with Crippen molar-refractivity contribution in [2.24, 2.45) is 14.1 Å². The van der Waals surface area contributed by atoms with E-state index in [2.05, 4.69) is 77.6 Å². The number of carboxylic acid groups (broad SMARTS) is 1. The number of carboxylic acids is 1. The van der Waals surface area contributed by atoms with Crippen LogP contribution in [-0.2, 0) is 53.9 Å². The average molecular weight is 1200 g/mol. The minimum atomic E-state index is -4.29. The monoisotopic (exact) mass is 1200 g/mol. The van der Waals surface area contributed by atoms with E-state index in [1.54, 1.807) is 42.9 Å². The third-order valence-corrected chi connectivity index (χ3v) is 12.9. The summed E-state index contributed by atoms with van der Waals surface area (Å²) in [6.45, 7) is 10.2. The van der Waals surface area contributed by atoms with Gasteiger partial charge in [-0.25, -0.2) is 29.1 Å². The number of halogens is 7. The summed E-state index contributed by atoms with van der Waals surface area (Å²) < 4.78 is 87.0. The van der Waals surface area contributed by atoms with E-state index in [1.165, 1.54) is 67.7 Å². The lowest BCUT2D eigenvalue weighted by Crippen LogP contribution is -2.41. The number of carbonyl (C=O) groups excluding carboxylic acids is 1. The van der Waals surface area contributed by atoms with Gasteiger partial charge in [-0.05, 0) is 130 Å². The van der Waals surface area contributed by atoms with Crippen LogP contribution in [0.2, 0.25) is 0 Å². The molecular weight excluding hydrogens is 1140 g/mol. The molecule has 9 rings (SSSR count). The lowest BCUT2D eigenvalue weighted by atomic mass is 9.80. The second-order valence-corrected chi connectivity index (χ2v) is 19.8. The molecular formula is C57H58BBrF6N10O7. The predicted molar refractivity (Wildman–Crippen MR) is 303 cm³/mol. The van der Waals surface area contributed by atoms with E-state index in [1.807, 2.05) is 39.8 Å². The number of aryl methyl sites for hydroxylation is 3. The highest BCUT2D eigenvalue weighted by atomic mass is 79.9. The summed E-state index contributed by atoms with van der Waals surface area (Å²) in [5.41, 5.74) is 15.5. The first kappa shape index (κ1) is 64.3. The number of hydrogen-bond acceptors (Lipinski definition) is 13. The lowest BCUT2D eigenvalue weighted by molar-refractivity contribution is -0.138. The fraction of sp³-hybridized carbons (Fsp3) is 0.246. The van der Waals surface area contributed by atoms with Crippen molar-refractivity contribution in [1.82, 2.24) is 34.5 Å². The normalized spacial score (nSPS) is 13.1. The van der Waals surface area contributed by atoms with Crippen molar-refractivity contribution in [2.75, 3.05) is 16.8 Å². The number of amides is 1. The smallest absolute Gasteiger partial charge is 0.476 e. The molecule has 430 valence electrons. The number of nitrogens with zero attached hydrogens (tertiary/aromatic N) is 7. The van der Waals surface area contributed by atoms with Gasteiger partial charge in [-0.1, -0.05) is 88.2 Å². The number of alkyl halides is 7. The van der Waals surface area contributed by atoms with Gasteiger partial charge in [0.2, 0.25) is 0 Å². The second-order valence-electron chi connectivity index (χ2n) is 19.2. The van der Waals surface area contributed by atoms with Crippen molar-refractivity contribution >= 4 is 57.8 Å². The van der Waals surface area contributed by atoms with E-state index in [0.29, 0.717) is 29.2 Å². The van der Waals surface area contributed by atoms with Crippen LogP contribution in [0.1, 0.15) is 93.2 Å². The minimum absolute atomic E-state index is 0.132. The molecule has 17 nitrogen and oxygen atoms in total. The van der Waals surface area contributed by atoms with Crippen LogP contribution in [0.3, 0.4) is 0 Å². The van der Waals surface area contributed by atoms with Gasteiger partial charge in [0.1, 0.15) is 23.1 Å². The van der Waals surface area contributed by atoms with E-state index >= 15 is 0 Å². The molecule has 1 aliphatic heterocycles. The van der Waals surface area contributed by atoms with Gasteiger partial charge >= 0.3 is 25.4 Å². The van der Waals surface area contributed by atoms with Crippen molar-refractivity contribution in [2.45, 2.75) is 76.3 Å². The first-order chi connectivity index (χ1) is 38.4. The van der Waals surface area contributed by atoms with Gasteiger partial charge in [-0.3, -0.25) is 14.4 Å². The number of hydrogen-bond donors (Lipinski definition) is 4. The maximum absolute atomic E-state index is 12.4. The average Bonchev–Trinajstić information content (AvgIpc) is 3.70. The Kier molecular flexibility index (Phi) is 22.1. The summed E-state index contributed by atoms with van der Waals surface area (Å²) in [7, 11) is 2.53. The second kappa shape index (κ2) is 28.2. The van der Waals surface area contributed by atoms with Gasteiger partial charge in [0, 0.05) is 55.6 Å². The van der Waals surface area contributed by atoms with Gasteiger partial charge in [0.05, 0.1) is 22.3 Å². The number of rotatable bonds is 9. The number of aromatic nitrogens is 7. The maximum atomic E-state index is 12.4. The Bertz CT molecular complexity index is 3480. The third-order valence-electron chi connectivity index (χ3n) is 12.3. The molecule has 0 bridgehead atoms. The van der Waals surface area contributed by atoms with E-state index in [0.717, 1.165) is 73.8 Å². The molecule has 0 unspecified atom stereocenters. The van der Waals surface area contributed by atoms with E-state index in [-0.39, 0.29) is 40.8 Å². The van der Waals surface area contributed by atoms with E-state index in [4.69, 9.17) is 25.9 Å². The molecule has 1 saturated heterocycles. The highest BCUT2D eigenvalue weighted by molar-refractivity contribution is 9.08.